The first-order valence-corrected chi connectivity index (χ1v) is 5.85. The third kappa shape index (κ3) is 2.97. The number of aliphatic imine (C=N–C) groups is 2. The second kappa shape index (κ2) is 5.19. The van der Waals surface area contributed by atoms with Crippen LogP contribution < -0.4 is 10.2 Å². The molecule has 17 heavy (non-hydrogen) atoms. The standard InChI is InChI=1S/C12H15ClN4/c1-17(2)9-4-5-11(10(13)8-9)16-12-14-6-3-7-15-12/h4-6,8H,3,7H2,1-2H3,(H,15,16). The third-order valence-corrected chi connectivity index (χ3v) is 2.76. The van der Waals surface area contributed by atoms with Crippen molar-refractivity contribution in [2.45, 2.75) is 6.42 Å². The lowest BCUT2D eigenvalue weighted by Gasteiger charge is -2.15. The van der Waals surface area contributed by atoms with Crippen LogP contribution in [0.3, 0.4) is 0 Å². The smallest absolute Gasteiger partial charge is 0.222 e. The molecular formula is C12H15ClN4. The molecule has 0 aliphatic carbocycles. The predicted molar refractivity (Wildman–Crippen MR) is 74.8 cm³/mol. The molecule has 1 aromatic rings. The molecule has 4 nitrogen and oxygen atoms in total. The Balaban J connectivity index is 2.16. The van der Waals surface area contributed by atoms with Gasteiger partial charge in [-0.3, -0.25) is 4.99 Å². The van der Waals surface area contributed by atoms with Crippen LogP contribution in [0.4, 0.5) is 11.4 Å². The van der Waals surface area contributed by atoms with Crippen molar-refractivity contribution in [3.05, 3.63) is 23.2 Å². The lowest BCUT2D eigenvalue weighted by atomic mass is 10.2. The number of benzene rings is 1. The van der Waals surface area contributed by atoms with Crippen molar-refractivity contribution in [3.63, 3.8) is 0 Å². The monoisotopic (exact) mass is 250 g/mol. The highest BCUT2D eigenvalue weighted by atomic mass is 35.5. The topological polar surface area (TPSA) is 40.0 Å². The molecule has 5 heteroatoms. The molecule has 0 fully saturated rings. The SMILES string of the molecule is CN(C)c1ccc(NC2=NCCC=N2)c(Cl)c1. The van der Waals surface area contributed by atoms with Gasteiger partial charge in [-0.1, -0.05) is 11.6 Å². The van der Waals surface area contributed by atoms with Crippen LogP contribution in [0.2, 0.25) is 5.02 Å². The Morgan fingerprint density at radius 1 is 1.35 bits per heavy atom. The Kier molecular flexibility index (Phi) is 3.64. The normalized spacial score (nSPS) is 14.4. The Morgan fingerprint density at radius 3 is 2.76 bits per heavy atom. The van der Waals surface area contributed by atoms with Crippen LogP contribution in [-0.4, -0.2) is 32.8 Å². The quantitative estimate of drug-likeness (QED) is 0.877. The molecule has 1 aromatic carbocycles. The third-order valence-electron chi connectivity index (χ3n) is 2.45. The van der Waals surface area contributed by atoms with Gasteiger partial charge in [-0.05, 0) is 18.2 Å². The number of hydrogen-bond donors (Lipinski definition) is 1. The summed E-state index contributed by atoms with van der Waals surface area (Å²) >= 11 is 6.20. The summed E-state index contributed by atoms with van der Waals surface area (Å²) < 4.78 is 0. The van der Waals surface area contributed by atoms with E-state index in [0.717, 1.165) is 24.3 Å². The largest absolute Gasteiger partial charge is 0.378 e. The maximum atomic E-state index is 6.20. The van der Waals surface area contributed by atoms with E-state index in [9.17, 15) is 0 Å². The van der Waals surface area contributed by atoms with E-state index < -0.39 is 0 Å². The van der Waals surface area contributed by atoms with Crippen molar-refractivity contribution in [3.8, 4) is 0 Å². The first-order valence-electron chi connectivity index (χ1n) is 5.47. The van der Waals surface area contributed by atoms with Crippen LogP contribution in [0.25, 0.3) is 0 Å². The fourth-order valence-corrected chi connectivity index (χ4v) is 1.72. The first kappa shape index (κ1) is 11.9. The Labute approximate surface area is 106 Å². The second-order valence-electron chi connectivity index (χ2n) is 3.99. The number of anilines is 2. The molecule has 0 spiro atoms. The van der Waals surface area contributed by atoms with Gasteiger partial charge in [0.2, 0.25) is 5.96 Å². The van der Waals surface area contributed by atoms with Gasteiger partial charge in [-0.25, -0.2) is 4.99 Å². The molecule has 1 aliphatic rings. The average Bonchev–Trinajstić information content (AvgIpc) is 2.33. The highest BCUT2D eigenvalue weighted by Gasteiger charge is 2.06. The molecule has 0 bridgehead atoms. The minimum atomic E-state index is 0.621. The second-order valence-corrected chi connectivity index (χ2v) is 4.40. The van der Waals surface area contributed by atoms with Gasteiger partial charge in [0, 0.05) is 39.0 Å². The van der Waals surface area contributed by atoms with Crippen molar-refractivity contribution >= 4 is 35.1 Å². The molecule has 0 aromatic heterocycles. The van der Waals surface area contributed by atoms with E-state index in [1.165, 1.54) is 0 Å². The first-order chi connectivity index (χ1) is 8.16. The minimum absolute atomic E-state index is 0.621. The Hall–Kier alpha value is -1.55. The van der Waals surface area contributed by atoms with Gasteiger partial charge < -0.3 is 10.2 Å². The van der Waals surface area contributed by atoms with Crippen molar-refractivity contribution in [2.75, 3.05) is 30.9 Å². The summed E-state index contributed by atoms with van der Waals surface area (Å²) in [6, 6.07) is 5.85. The number of halogens is 1. The molecule has 0 unspecified atom stereocenters. The van der Waals surface area contributed by atoms with Crippen molar-refractivity contribution in [1.29, 1.82) is 0 Å². The molecule has 1 N–H and O–H groups in total. The average molecular weight is 251 g/mol. The maximum Gasteiger partial charge on any atom is 0.222 e. The summed E-state index contributed by atoms with van der Waals surface area (Å²) in [4.78, 5) is 10.4. The molecule has 90 valence electrons. The van der Waals surface area contributed by atoms with E-state index in [1.54, 1.807) is 0 Å². The van der Waals surface area contributed by atoms with Gasteiger partial charge >= 0.3 is 0 Å². The predicted octanol–water partition coefficient (Wildman–Crippen LogP) is 2.65. The van der Waals surface area contributed by atoms with E-state index in [0.29, 0.717) is 11.0 Å². The van der Waals surface area contributed by atoms with Crippen molar-refractivity contribution < 1.29 is 0 Å². The summed E-state index contributed by atoms with van der Waals surface area (Å²) in [6.45, 7) is 0.777. The van der Waals surface area contributed by atoms with Gasteiger partial charge in [0.1, 0.15) is 0 Å². The van der Waals surface area contributed by atoms with Gasteiger partial charge in [0.05, 0.1) is 10.7 Å². The van der Waals surface area contributed by atoms with E-state index >= 15 is 0 Å². The molecule has 0 radical (unpaired) electrons. The summed E-state index contributed by atoms with van der Waals surface area (Å²) in [5, 5.41) is 3.78. The number of nitrogens with one attached hydrogen (secondary N) is 1. The molecule has 0 saturated carbocycles. The lowest BCUT2D eigenvalue weighted by Crippen LogP contribution is -2.14. The molecule has 0 amide bonds. The Morgan fingerprint density at radius 2 is 2.18 bits per heavy atom. The molecule has 2 rings (SSSR count). The molecule has 1 aliphatic heterocycles. The fraction of sp³-hybridized carbons (Fsp3) is 0.333. The van der Waals surface area contributed by atoms with E-state index in [2.05, 4.69) is 15.3 Å². The summed E-state index contributed by atoms with van der Waals surface area (Å²) in [5.41, 5.74) is 1.89. The lowest BCUT2D eigenvalue weighted by molar-refractivity contribution is 1.03. The van der Waals surface area contributed by atoms with E-state index in [1.807, 2.05) is 43.4 Å². The number of guanidine groups is 1. The van der Waals surface area contributed by atoms with Gasteiger partial charge in [0.25, 0.3) is 0 Å². The zero-order chi connectivity index (χ0) is 12.3. The maximum absolute atomic E-state index is 6.20. The zero-order valence-electron chi connectivity index (χ0n) is 9.94. The van der Waals surface area contributed by atoms with E-state index in [4.69, 9.17) is 11.6 Å². The number of nitrogens with zero attached hydrogens (tertiary/aromatic N) is 3. The molecule has 0 saturated heterocycles. The number of hydrogen-bond acceptors (Lipinski definition) is 4. The summed E-state index contributed by atoms with van der Waals surface area (Å²) in [7, 11) is 3.96. The van der Waals surface area contributed by atoms with Crippen LogP contribution in [0, 0.1) is 0 Å². The van der Waals surface area contributed by atoms with Crippen LogP contribution in [0.15, 0.2) is 28.2 Å². The van der Waals surface area contributed by atoms with Crippen LogP contribution in [0.1, 0.15) is 6.42 Å². The van der Waals surface area contributed by atoms with Crippen molar-refractivity contribution in [2.24, 2.45) is 9.98 Å². The van der Waals surface area contributed by atoms with Crippen LogP contribution in [0.5, 0.6) is 0 Å². The minimum Gasteiger partial charge on any atom is -0.378 e. The highest BCUT2D eigenvalue weighted by molar-refractivity contribution is 6.34. The zero-order valence-corrected chi connectivity index (χ0v) is 10.7. The number of rotatable bonds is 2. The van der Waals surface area contributed by atoms with Crippen molar-refractivity contribution in [1.82, 2.24) is 0 Å². The van der Waals surface area contributed by atoms with E-state index in [-0.39, 0.29) is 0 Å². The van der Waals surface area contributed by atoms with Crippen LogP contribution >= 0.6 is 11.6 Å². The molecule has 1 heterocycles. The van der Waals surface area contributed by atoms with Gasteiger partial charge in [-0.15, -0.1) is 0 Å². The Bertz CT molecular complexity index is 466. The van der Waals surface area contributed by atoms with Crippen LogP contribution in [-0.2, 0) is 0 Å². The molecule has 0 atom stereocenters. The summed E-state index contributed by atoms with van der Waals surface area (Å²) in [6.07, 6.45) is 2.76. The highest BCUT2D eigenvalue weighted by Crippen LogP contribution is 2.26. The summed E-state index contributed by atoms with van der Waals surface area (Å²) in [5.74, 6) is 0.621. The molecular weight excluding hydrogens is 236 g/mol. The van der Waals surface area contributed by atoms with Gasteiger partial charge in [-0.2, -0.15) is 0 Å². The fourth-order valence-electron chi connectivity index (χ4n) is 1.50. The van der Waals surface area contributed by atoms with Gasteiger partial charge in [0.15, 0.2) is 0 Å².